The largest absolute Gasteiger partial charge is 0.495 e. The van der Waals surface area contributed by atoms with Crippen molar-refractivity contribution < 1.29 is 9.47 Å². The molecular weight excluding hydrogens is 254 g/mol. The van der Waals surface area contributed by atoms with Crippen molar-refractivity contribution in [3.63, 3.8) is 0 Å². The lowest BCUT2D eigenvalue weighted by molar-refractivity contribution is 0.397. The van der Waals surface area contributed by atoms with Gasteiger partial charge >= 0.3 is 0 Å². The Labute approximate surface area is 110 Å². The summed E-state index contributed by atoms with van der Waals surface area (Å²) in [4.78, 5) is 8.20. The van der Waals surface area contributed by atoms with E-state index in [2.05, 4.69) is 15.3 Å². The summed E-state index contributed by atoms with van der Waals surface area (Å²) in [5, 5.41) is 3.40. The van der Waals surface area contributed by atoms with Crippen molar-refractivity contribution in [2.24, 2.45) is 0 Å². The lowest BCUT2D eigenvalue weighted by Crippen LogP contribution is -2.00. The Kier molecular flexibility index (Phi) is 3.84. The monoisotopic (exact) mass is 265 g/mol. The number of methoxy groups -OCH3 is 2. The summed E-state index contributed by atoms with van der Waals surface area (Å²) >= 11 is 5.86. The van der Waals surface area contributed by atoms with Crippen LogP contribution in [0.3, 0.4) is 0 Å². The number of nitrogens with zero attached hydrogens (tertiary/aromatic N) is 2. The molecule has 2 aromatic rings. The van der Waals surface area contributed by atoms with Crippen LogP contribution in [0.5, 0.6) is 11.6 Å². The highest BCUT2D eigenvalue weighted by molar-refractivity contribution is 6.31. The molecule has 2 rings (SSSR count). The van der Waals surface area contributed by atoms with Crippen LogP contribution in [0.4, 0.5) is 11.6 Å². The Morgan fingerprint density at radius 3 is 2.67 bits per heavy atom. The molecule has 6 heteroatoms. The van der Waals surface area contributed by atoms with Crippen molar-refractivity contribution in [2.45, 2.75) is 0 Å². The number of para-hydroxylation sites is 2. The van der Waals surface area contributed by atoms with Gasteiger partial charge in [-0.25, -0.2) is 4.98 Å². The van der Waals surface area contributed by atoms with E-state index in [4.69, 9.17) is 21.1 Å². The normalized spacial score (nSPS) is 9.94. The van der Waals surface area contributed by atoms with Gasteiger partial charge in [0.05, 0.1) is 26.1 Å². The number of anilines is 2. The van der Waals surface area contributed by atoms with Crippen LogP contribution in [0.25, 0.3) is 0 Å². The first-order chi connectivity index (χ1) is 8.74. The molecule has 1 heterocycles. The van der Waals surface area contributed by atoms with Crippen LogP contribution in [0.15, 0.2) is 30.5 Å². The lowest BCUT2D eigenvalue weighted by Gasteiger charge is -2.10. The summed E-state index contributed by atoms with van der Waals surface area (Å²) in [5.74, 6) is 1.42. The third-order valence-electron chi connectivity index (χ3n) is 2.26. The molecule has 5 nitrogen and oxygen atoms in total. The summed E-state index contributed by atoms with van der Waals surface area (Å²) in [6.45, 7) is 0. The quantitative estimate of drug-likeness (QED) is 0.921. The molecule has 18 heavy (non-hydrogen) atoms. The van der Waals surface area contributed by atoms with Crippen LogP contribution in [-0.4, -0.2) is 24.2 Å². The van der Waals surface area contributed by atoms with Crippen molar-refractivity contribution >= 4 is 23.2 Å². The first-order valence-electron chi connectivity index (χ1n) is 5.21. The van der Waals surface area contributed by atoms with E-state index in [1.54, 1.807) is 7.11 Å². The number of rotatable bonds is 4. The molecule has 0 unspecified atom stereocenters. The highest BCUT2D eigenvalue weighted by Crippen LogP contribution is 2.27. The zero-order valence-corrected chi connectivity index (χ0v) is 10.7. The Hall–Kier alpha value is -2.01. The van der Waals surface area contributed by atoms with Crippen molar-refractivity contribution in [2.75, 3.05) is 19.5 Å². The van der Waals surface area contributed by atoms with Gasteiger partial charge in [-0.1, -0.05) is 23.7 Å². The molecule has 1 aromatic carbocycles. The summed E-state index contributed by atoms with van der Waals surface area (Å²) in [6.07, 6.45) is 1.48. The van der Waals surface area contributed by atoms with Crippen LogP contribution in [0.1, 0.15) is 0 Å². The molecule has 1 N–H and O–H groups in total. The van der Waals surface area contributed by atoms with Crippen LogP contribution >= 0.6 is 11.6 Å². The maximum absolute atomic E-state index is 5.86. The Balaban J connectivity index is 2.28. The molecule has 0 radical (unpaired) electrons. The number of hydrogen-bond donors (Lipinski definition) is 1. The van der Waals surface area contributed by atoms with Crippen LogP contribution in [-0.2, 0) is 0 Å². The molecule has 0 bridgehead atoms. The smallest absolute Gasteiger partial charge is 0.237 e. The number of ether oxygens (including phenoxy) is 2. The second-order valence-corrected chi connectivity index (χ2v) is 3.78. The van der Waals surface area contributed by atoms with E-state index in [0.717, 1.165) is 5.69 Å². The molecule has 0 fully saturated rings. The molecule has 0 amide bonds. The van der Waals surface area contributed by atoms with E-state index < -0.39 is 0 Å². The van der Waals surface area contributed by atoms with Gasteiger partial charge in [-0.3, -0.25) is 0 Å². The average Bonchev–Trinajstić information content (AvgIpc) is 2.41. The van der Waals surface area contributed by atoms with Crippen molar-refractivity contribution in [1.29, 1.82) is 0 Å². The van der Waals surface area contributed by atoms with Gasteiger partial charge in [-0.15, -0.1) is 0 Å². The van der Waals surface area contributed by atoms with Gasteiger partial charge in [-0.05, 0) is 12.1 Å². The van der Waals surface area contributed by atoms with Gasteiger partial charge in [0.25, 0.3) is 0 Å². The fourth-order valence-electron chi connectivity index (χ4n) is 1.42. The third kappa shape index (κ3) is 2.62. The number of aromatic nitrogens is 2. The predicted octanol–water partition coefficient (Wildman–Crippen LogP) is 2.89. The second kappa shape index (κ2) is 5.55. The maximum atomic E-state index is 5.86. The number of halogens is 1. The molecule has 0 saturated carbocycles. The molecule has 0 spiro atoms. The van der Waals surface area contributed by atoms with Crippen molar-refractivity contribution in [1.82, 2.24) is 9.97 Å². The molecule has 94 valence electrons. The van der Waals surface area contributed by atoms with Crippen LogP contribution in [0.2, 0.25) is 5.02 Å². The SMILES string of the molecule is COc1ccccc1Nc1ncc(Cl)c(OC)n1. The minimum Gasteiger partial charge on any atom is -0.495 e. The third-order valence-corrected chi connectivity index (χ3v) is 2.52. The molecule has 1 aromatic heterocycles. The van der Waals surface area contributed by atoms with Crippen LogP contribution < -0.4 is 14.8 Å². The molecule has 0 aliphatic heterocycles. The molecule has 0 atom stereocenters. The standard InChI is InChI=1S/C12H12ClN3O2/c1-17-10-6-4-3-5-9(10)15-12-14-7-8(13)11(16-12)18-2/h3-7H,1-2H3,(H,14,15,16). The minimum atomic E-state index is 0.323. The highest BCUT2D eigenvalue weighted by Gasteiger charge is 2.07. The van der Waals surface area contributed by atoms with Gasteiger partial charge < -0.3 is 14.8 Å². The number of benzene rings is 1. The van der Waals surface area contributed by atoms with E-state index in [0.29, 0.717) is 22.6 Å². The fourth-order valence-corrected chi connectivity index (χ4v) is 1.59. The highest BCUT2D eigenvalue weighted by atomic mass is 35.5. The lowest BCUT2D eigenvalue weighted by atomic mass is 10.3. The Morgan fingerprint density at radius 1 is 1.17 bits per heavy atom. The zero-order valence-electron chi connectivity index (χ0n) is 9.98. The van der Waals surface area contributed by atoms with E-state index >= 15 is 0 Å². The molecule has 0 saturated heterocycles. The molecule has 0 aliphatic rings. The van der Waals surface area contributed by atoms with Gasteiger partial charge in [0.2, 0.25) is 11.8 Å². The Bertz CT molecular complexity index is 549. The maximum Gasteiger partial charge on any atom is 0.237 e. The van der Waals surface area contributed by atoms with Crippen molar-refractivity contribution in [3.8, 4) is 11.6 Å². The summed E-state index contributed by atoms with van der Waals surface area (Å²) in [5.41, 5.74) is 0.768. The second-order valence-electron chi connectivity index (χ2n) is 3.38. The Morgan fingerprint density at radius 2 is 1.94 bits per heavy atom. The van der Waals surface area contributed by atoms with Crippen LogP contribution in [0, 0.1) is 0 Å². The fraction of sp³-hybridized carbons (Fsp3) is 0.167. The minimum absolute atomic E-state index is 0.323. The van der Waals surface area contributed by atoms with Gasteiger partial charge in [-0.2, -0.15) is 4.98 Å². The van der Waals surface area contributed by atoms with Gasteiger partial charge in [0.15, 0.2) is 0 Å². The summed E-state index contributed by atoms with van der Waals surface area (Å²) in [6, 6.07) is 7.48. The summed E-state index contributed by atoms with van der Waals surface area (Å²) in [7, 11) is 3.10. The van der Waals surface area contributed by atoms with E-state index in [9.17, 15) is 0 Å². The van der Waals surface area contributed by atoms with Gasteiger partial charge in [0.1, 0.15) is 10.8 Å². The predicted molar refractivity (Wildman–Crippen MR) is 69.9 cm³/mol. The average molecular weight is 266 g/mol. The first kappa shape index (κ1) is 12.4. The zero-order chi connectivity index (χ0) is 13.0. The number of nitrogens with one attached hydrogen (secondary N) is 1. The van der Waals surface area contributed by atoms with Gasteiger partial charge in [0, 0.05) is 0 Å². The van der Waals surface area contributed by atoms with E-state index in [1.165, 1.54) is 13.3 Å². The molecule has 0 aliphatic carbocycles. The van der Waals surface area contributed by atoms with Crippen molar-refractivity contribution in [3.05, 3.63) is 35.5 Å². The summed E-state index contributed by atoms with van der Waals surface area (Å²) < 4.78 is 10.2. The number of hydrogen-bond acceptors (Lipinski definition) is 5. The molecular formula is C12H12ClN3O2. The van der Waals surface area contributed by atoms with E-state index in [1.807, 2.05) is 24.3 Å². The van der Waals surface area contributed by atoms with E-state index in [-0.39, 0.29) is 0 Å². The first-order valence-corrected chi connectivity index (χ1v) is 5.59. The topological polar surface area (TPSA) is 56.3 Å².